The van der Waals surface area contributed by atoms with Gasteiger partial charge in [0.1, 0.15) is 0 Å². The molecule has 0 atom stereocenters. The van der Waals surface area contributed by atoms with Crippen molar-refractivity contribution in [2.75, 3.05) is 31.6 Å². The number of rotatable bonds is 3. The predicted molar refractivity (Wildman–Crippen MR) is 119 cm³/mol. The number of carbonyl (C=O) groups is 1. The van der Waals surface area contributed by atoms with Crippen LogP contribution in [0.2, 0.25) is 0 Å². The van der Waals surface area contributed by atoms with E-state index in [4.69, 9.17) is 13.0 Å². The molecule has 0 aliphatic carbocycles. The molecule has 2 aliphatic rings. The standard InChI is InChI=1S/C23H21N5O2S/c1-14-6-18(7-15(2)25-14)20-19(17-5-3-4-16(8-17)9-24)26-21(31-20)27-22(29)28-10-23(11-28)12-30-13-23/h3-8H,10-13H2,1-2H3,(H,26,27,29)/i1D3,2D3. The van der Waals surface area contributed by atoms with Gasteiger partial charge in [-0.15, -0.1) is 0 Å². The summed E-state index contributed by atoms with van der Waals surface area (Å²) >= 11 is 1.09. The molecule has 2 saturated heterocycles. The summed E-state index contributed by atoms with van der Waals surface area (Å²) in [6.45, 7) is -2.84. The Balaban J connectivity index is 1.57. The van der Waals surface area contributed by atoms with Gasteiger partial charge >= 0.3 is 6.03 Å². The van der Waals surface area contributed by atoms with Crippen LogP contribution in [-0.2, 0) is 4.74 Å². The summed E-state index contributed by atoms with van der Waals surface area (Å²) in [6, 6.07) is 11.1. The minimum atomic E-state index is -2.64. The van der Waals surface area contributed by atoms with E-state index in [1.165, 1.54) is 12.1 Å². The number of nitriles is 1. The minimum absolute atomic E-state index is 0.0443. The van der Waals surface area contributed by atoms with Gasteiger partial charge in [-0.25, -0.2) is 9.78 Å². The Bertz CT molecular complexity index is 1380. The van der Waals surface area contributed by atoms with E-state index in [1.54, 1.807) is 29.2 Å². The lowest BCUT2D eigenvalue weighted by atomic mass is 9.78. The summed E-state index contributed by atoms with van der Waals surface area (Å²) in [5.41, 5.74) is 0.935. The maximum absolute atomic E-state index is 12.8. The maximum Gasteiger partial charge on any atom is 0.323 e. The second-order valence-corrected chi connectivity index (χ2v) is 8.79. The van der Waals surface area contributed by atoms with Crippen LogP contribution in [0.1, 0.15) is 25.2 Å². The Labute approximate surface area is 192 Å². The average molecular weight is 438 g/mol. The van der Waals surface area contributed by atoms with Gasteiger partial charge in [0.05, 0.1) is 40.8 Å². The number of urea groups is 1. The zero-order valence-corrected chi connectivity index (χ0v) is 17.1. The number of nitrogens with one attached hydrogen (secondary N) is 1. The molecule has 0 radical (unpaired) electrons. The fourth-order valence-electron chi connectivity index (χ4n) is 3.81. The van der Waals surface area contributed by atoms with E-state index in [1.807, 2.05) is 0 Å². The van der Waals surface area contributed by atoms with Gasteiger partial charge in [-0.05, 0) is 43.5 Å². The molecule has 2 aliphatic heterocycles. The molecular weight excluding hydrogens is 410 g/mol. The number of amides is 2. The lowest BCUT2D eigenvalue weighted by Gasteiger charge is -2.54. The van der Waals surface area contributed by atoms with Gasteiger partial charge in [0, 0.05) is 38.3 Å². The normalized spacial score (nSPS) is 20.0. The molecule has 5 rings (SSSR count). The summed E-state index contributed by atoms with van der Waals surface area (Å²) < 4.78 is 52.0. The molecule has 7 nitrogen and oxygen atoms in total. The molecule has 0 saturated carbocycles. The molecule has 31 heavy (non-hydrogen) atoms. The highest BCUT2D eigenvalue weighted by Crippen LogP contribution is 2.41. The number of ether oxygens (including phenoxy) is 1. The van der Waals surface area contributed by atoms with E-state index in [0.29, 0.717) is 48.0 Å². The largest absolute Gasteiger partial charge is 0.380 e. The number of likely N-dealkylation sites (tertiary alicyclic amines) is 1. The lowest BCUT2D eigenvalue weighted by Crippen LogP contribution is -2.67. The smallest absolute Gasteiger partial charge is 0.323 e. The topological polar surface area (TPSA) is 91.1 Å². The second kappa shape index (κ2) is 7.45. The molecule has 0 unspecified atom stereocenters. The first-order valence-electron chi connectivity index (χ1n) is 12.6. The molecule has 1 spiro atoms. The van der Waals surface area contributed by atoms with Crippen molar-refractivity contribution in [3.63, 3.8) is 0 Å². The van der Waals surface area contributed by atoms with Crippen LogP contribution < -0.4 is 5.32 Å². The molecule has 3 aromatic rings. The third-order valence-corrected chi connectivity index (χ3v) is 6.37. The van der Waals surface area contributed by atoms with Gasteiger partial charge in [0.2, 0.25) is 0 Å². The Morgan fingerprint density at radius 3 is 2.65 bits per heavy atom. The predicted octanol–water partition coefficient (Wildman–Crippen LogP) is 4.22. The van der Waals surface area contributed by atoms with E-state index in [9.17, 15) is 10.1 Å². The number of thiazole rings is 1. The number of nitrogens with zero attached hydrogens (tertiary/aromatic N) is 4. The summed E-state index contributed by atoms with van der Waals surface area (Å²) in [5.74, 6) is 0. The van der Waals surface area contributed by atoms with Crippen molar-refractivity contribution >= 4 is 22.5 Å². The number of carbonyl (C=O) groups excluding carboxylic acids is 1. The number of aromatic nitrogens is 2. The third kappa shape index (κ3) is 3.67. The monoisotopic (exact) mass is 437 g/mol. The van der Waals surface area contributed by atoms with E-state index in [2.05, 4.69) is 21.4 Å². The van der Waals surface area contributed by atoms with Crippen LogP contribution in [0, 0.1) is 30.4 Å². The van der Waals surface area contributed by atoms with Gasteiger partial charge in [0.25, 0.3) is 0 Å². The zero-order chi connectivity index (χ0) is 26.6. The van der Waals surface area contributed by atoms with Crippen molar-refractivity contribution in [3.05, 3.63) is 53.3 Å². The molecule has 4 heterocycles. The van der Waals surface area contributed by atoms with Crippen molar-refractivity contribution in [1.29, 1.82) is 5.26 Å². The maximum atomic E-state index is 12.8. The van der Waals surface area contributed by atoms with Crippen molar-refractivity contribution in [2.24, 2.45) is 5.41 Å². The van der Waals surface area contributed by atoms with Gasteiger partial charge in [-0.2, -0.15) is 5.26 Å². The summed E-state index contributed by atoms with van der Waals surface area (Å²) in [6.07, 6.45) is 0. The van der Waals surface area contributed by atoms with Gasteiger partial charge < -0.3 is 9.64 Å². The quantitative estimate of drug-likeness (QED) is 0.662. The molecule has 2 fully saturated rings. The van der Waals surface area contributed by atoms with Crippen LogP contribution >= 0.6 is 11.3 Å². The molecule has 2 aromatic heterocycles. The summed E-state index contributed by atoms with van der Waals surface area (Å²) in [5, 5.41) is 12.4. The molecule has 1 N–H and O–H groups in total. The van der Waals surface area contributed by atoms with Crippen molar-refractivity contribution in [2.45, 2.75) is 13.7 Å². The highest BCUT2D eigenvalue weighted by Gasteiger charge is 2.50. The fraction of sp³-hybridized carbons (Fsp3) is 0.304. The minimum Gasteiger partial charge on any atom is -0.380 e. The van der Waals surface area contributed by atoms with Gasteiger partial charge in [-0.3, -0.25) is 10.3 Å². The Hall–Kier alpha value is -3.28. The summed E-state index contributed by atoms with van der Waals surface area (Å²) in [4.78, 5) is 23.4. The number of hydrogen-bond acceptors (Lipinski definition) is 6. The van der Waals surface area contributed by atoms with Crippen LogP contribution in [0.5, 0.6) is 0 Å². The molecule has 1 aromatic carbocycles. The average Bonchev–Trinajstić information content (AvgIpc) is 3.19. The van der Waals surface area contributed by atoms with E-state index in [0.717, 1.165) is 11.3 Å². The molecule has 156 valence electrons. The Kier molecular flexibility index (Phi) is 3.34. The van der Waals surface area contributed by atoms with Crippen LogP contribution in [0.15, 0.2) is 36.4 Å². The number of benzene rings is 1. The summed E-state index contributed by atoms with van der Waals surface area (Å²) in [7, 11) is 0. The van der Waals surface area contributed by atoms with Crippen molar-refractivity contribution in [1.82, 2.24) is 14.9 Å². The SMILES string of the molecule is [2H]C([2H])([2H])c1cc(-c2sc(NC(=O)N3CC4(COC4)C3)nc2-c2cccc(C#N)c2)cc(C([2H])([2H])[2H])n1. The number of aryl methyl sites for hydroxylation is 2. The zero-order valence-electron chi connectivity index (χ0n) is 22.3. The van der Waals surface area contributed by atoms with Crippen LogP contribution in [-0.4, -0.2) is 47.2 Å². The molecule has 0 bridgehead atoms. The molecule has 8 heteroatoms. The van der Waals surface area contributed by atoms with E-state index < -0.39 is 13.7 Å². The van der Waals surface area contributed by atoms with Crippen molar-refractivity contribution in [3.8, 4) is 27.8 Å². The fourth-order valence-corrected chi connectivity index (χ4v) is 4.78. The highest BCUT2D eigenvalue weighted by molar-refractivity contribution is 7.19. The number of hydrogen-bond donors (Lipinski definition) is 1. The Morgan fingerprint density at radius 2 is 2.00 bits per heavy atom. The Morgan fingerprint density at radius 1 is 1.23 bits per heavy atom. The first-order valence-corrected chi connectivity index (χ1v) is 10.4. The number of anilines is 1. The highest BCUT2D eigenvalue weighted by atomic mass is 32.1. The molecule has 2 amide bonds. The van der Waals surface area contributed by atoms with Crippen LogP contribution in [0.4, 0.5) is 9.93 Å². The van der Waals surface area contributed by atoms with Crippen molar-refractivity contribution < 1.29 is 17.8 Å². The lowest BCUT2D eigenvalue weighted by molar-refractivity contribution is -0.174. The van der Waals surface area contributed by atoms with Crippen LogP contribution in [0.3, 0.4) is 0 Å². The van der Waals surface area contributed by atoms with E-state index >= 15 is 0 Å². The number of pyridine rings is 1. The third-order valence-electron chi connectivity index (χ3n) is 5.35. The van der Waals surface area contributed by atoms with Gasteiger partial charge in [-0.1, -0.05) is 23.5 Å². The van der Waals surface area contributed by atoms with E-state index in [-0.39, 0.29) is 33.5 Å². The van der Waals surface area contributed by atoms with Crippen LogP contribution in [0.25, 0.3) is 21.7 Å². The first-order chi connectivity index (χ1) is 17.4. The first kappa shape index (κ1) is 13.9. The second-order valence-electron chi connectivity index (χ2n) is 7.79. The van der Waals surface area contributed by atoms with Gasteiger partial charge in [0.15, 0.2) is 5.13 Å². The molecular formula is C23H21N5O2S.